The van der Waals surface area contributed by atoms with Gasteiger partial charge in [-0.2, -0.15) is 13.2 Å². The van der Waals surface area contributed by atoms with E-state index in [-0.39, 0.29) is 0 Å². The van der Waals surface area contributed by atoms with Gasteiger partial charge >= 0.3 is 6.18 Å². The van der Waals surface area contributed by atoms with Crippen molar-refractivity contribution in [3.63, 3.8) is 0 Å². The summed E-state index contributed by atoms with van der Waals surface area (Å²) in [5.41, 5.74) is 1.22. The Morgan fingerprint density at radius 3 is 2.65 bits per heavy atom. The van der Waals surface area contributed by atoms with Crippen LogP contribution in [-0.4, -0.2) is 16.5 Å². The average Bonchev–Trinajstić information content (AvgIpc) is 2.60. The second kappa shape index (κ2) is 3.91. The van der Waals surface area contributed by atoms with E-state index < -0.39 is 18.4 Å². The number of benzene rings is 1. The van der Waals surface area contributed by atoms with E-state index in [1.165, 1.54) is 0 Å². The lowest BCUT2D eigenvalue weighted by molar-refractivity contribution is -0.170. The minimum Gasteiger partial charge on any atom is -0.351 e. The van der Waals surface area contributed by atoms with Crippen LogP contribution in [-0.2, 0) is 18.3 Å². The minimum atomic E-state index is -4.77. The molecule has 0 N–H and O–H groups in total. The predicted molar refractivity (Wildman–Crippen MR) is 57.7 cm³/mol. The Morgan fingerprint density at radius 2 is 2.00 bits per heavy atom. The molecule has 0 amide bonds. The molecule has 1 aromatic heterocycles. The van der Waals surface area contributed by atoms with Crippen LogP contribution in [0.1, 0.15) is 5.56 Å². The van der Waals surface area contributed by atoms with E-state index in [0.717, 1.165) is 5.52 Å². The lowest BCUT2D eigenvalue weighted by atomic mass is 10.0. The zero-order valence-corrected chi connectivity index (χ0v) is 9.08. The molecule has 2 aromatic rings. The van der Waals surface area contributed by atoms with E-state index in [2.05, 4.69) is 0 Å². The molecule has 2 rings (SSSR count). The lowest BCUT2D eigenvalue weighted by Gasteiger charge is -2.06. The van der Waals surface area contributed by atoms with Crippen molar-refractivity contribution in [3.05, 3.63) is 36.0 Å². The molecule has 0 saturated heterocycles. The van der Waals surface area contributed by atoms with Crippen molar-refractivity contribution in [1.29, 1.82) is 0 Å². The third kappa shape index (κ3) is 2.18. The number of alkyl halides is 3. The molecule has 0 aliphatic heterocycles. The first-order chi connectivity index (χ1) is 7.89. The Hall–Kier alpha value is -1.78. The van der Waals surface area contributed by atoms with E-state index in [1.807, 2.05) is 0 Å². The van der Waals surface area contributed by atoms with Gasteiger partial charge < -0.3 is 4.57 Å². The molecule has 0 bridgehead atoms. The van der Waals surface area contributed by atoms with E-state index >= 15 is 0 Å². The highest BCUT2D eigenvalue weighted by Crippen LogP contribution is 2.24. The summed E-state index contributed by atoms with van der Waals surface area (Å²) in [6.07, 6.45) is -3.62. The van der Waals surface area contributed by atoms with E-state index in [0.29, 0.717) is 10.9 Å². The number of ketones is 1. The fourth-order valence-electron chi connectivity index (χ4n) is 1.79. The summed E-state index contributed by atoms with van der Waals surface area (Å²) >= 11 is 0. The molecule has 1 aromatic carbocycles. The highest BCUT2D eigenvalue weighted by atomic mass is 19.4. The highest BCUT2D eigenvalue weighted by Gasteiger charge is 2.37. The summed E-state index contributed by atoms with van der Waals surface area (Å²) in [5.74, 6) is -1.71. The van der Waals surface area contributed by atoms with Gasteiger partial charge in [-0.25, -0.2) is 0 Å². The number of hydrogen-bond donors (Lipinski definition) is 0. The summed E-state index contributed by atoms with van der Waals surface area (Å²) in [5, 5.41) is 0.688. The van der Waals surface area contributed by atoms with Crippen LogP contribution in [0.25, 0.3) is 10.9 Å². The number of nitrogens with zero attached hydrogens (tertiary/aromatic N) is 1. The molecule has 17 heavy (non-hydrogen) atoms. The zero-order chi connectivity index (χ0) is 12.6. The molecule has 0 fully saturated rings. The lowest BCUT2D eigenvalue weighted by Crippen LogP contribution is -2.24. The van der Waals surface area contributed by atoms with Crippen molar-refractivity contribution in [2.75, 3.05) is 0 Å². The van der Waals surface area contributed by atoms with Gasteiger partial charge in [0.05, 0.1) is 0 Å². The quantitative estimate of drug-likeness (QED) is 0.792. The Bertz CT molecular complexity index is 569. The van der Waals surface area contributed by atoms with Crippen LogP contribution in [0, 0.1) is 0 Å². The summed E-state index contributed by atoms with van der Waals surface area (Å²) in [6, 6.07) is 6.72. The van der Waals surface area contributed by atoms with Gasteiger partial charge in [0.2, 0.25) is 5.78 Å². The Labute approximate surface area is 95.7 Å². The van der Waals surface area contributed by atoms with Crippen LogP contribution >= 0.6 is 0 Å². The van der Waals surface area contributed by atoms with Gasteiger partial charge in [-0.15, -0.1) is 0 Å². The van der Waals surface area contributed by atoms with Crippen LogP contribution in [0.5, 0.6) is 0 Å². The van der Waals surface area contributed by atoms with Crippen LogP contribution in [0.4, 0.5) is 13.2 Å². The number of halogens is 3. The van der Waals surface area contributed by atoms with E-state index in [9.17, 15) is 18.0 Å². The number of aromatic nitrogens is 1. The largest absolute Gasteiger partial charge is 0.450 e. The zero-order valence-electron chi connectivity index (χ0n) is 9.08. The third-order valence-electron chi connectivity index (χ3n) is 2.69. The van der Waals surface area contributed by atoms with E-state index in [1.54, 1.807) is 42.1 Å². The number of carbonyl (C=O) groups is 1. The first-order valence-corrected chi connectivity index (χ1v) is 5.02. The molecule has 0 aliphatic rings. The molecule has 0 saturated carbocycles. The van der Waals surface area contributed by atoms with Crippen LogP contribution in [0.3, 0.4) is 0 Å². The Morgan fingerprint density at radius 1 is 1.29 bits per heavy atom. The topological polar surface area (TPSA) is 22.0 Å². The number of rotatable bonds is 2. The first kappa shape index (κ1) is 11.7. The van der Waals surface area contributed by atoms with Gasteiger partial charge in [-0.3, -0.25) is 4.79 Å². The van der Waals surface area contributed by atoms with Gasteiger partial charge in [-0.05, 0) is 17.7 Å². The molecule has 0 unspecified atom stereocenters. The first-order valence-electron chi connectivity index (χ1n) is 5.02. The fraction of sp³-hybridized carbons (Fsp3) is 0.250. The molecular weight excluding hydrogens is 231 g/mol. The molecule has 2 nitrogen and oxygen atoms in total. The number of carbonyl (C=O) groups excluding carboxylic acids is 1. The number of hydrogen-bond acceptors (Lipinski definition) is 1. The van der Waals surface area contributed by atoms with Crippen molar-refractivity contribution < 1.29 is 18.0 Å². The average molecular weight is 241 g/mol. The van der Waals surface area contributed by atoms with Crippen molar-refractivity contribution in [3.8, 4) is 0 Å². The van der Waals surface area contributed by atoms with Crippen molar-refractivity contribution in [1.82, 2.24) is 4.57 Å². The molecule has 90 valence electrons. The third-order valence-corrected chi connectivity index (χ3v) is 2.69. The van der Waals surface area contributed by atoms with Crippen molar-refractivity contribution in [2.24, 2.45) is 7.05 Å². The van der Waals surface area contributed by atoms with Crippen molar-refractivity contribution >= 4 is 16.7 Å². The molecule has 0 spiro atoms. The van der Waals surface area contributed by atoms with Crippen LogP contribution in [0.15, 0.2) is 30.5 Å². The number of aryl methyl sites for hydroxylation is 1. The molecule has 1 heterocycles. The molecular formula is C12H10F3NO. The second-order valence-corrected chi connectivity index (χ2v) is 3.87. The van der Waals surface area contributed by atoms with Gasteiger partial charge in [-0.1, -0.05) is 12.1 Å². The highest BCUT2D eigenvalue weighted by molar-refractivity contribution is 5.92. The van der Waals surface area contributed by atoms with Crippen LogP contribution in [0.2, 0.25) is 0 Å². The van der Waals surface area contributed by atoms with Crippen LogP contribution < -0.4 is 0 Å². The Balaban J connectivity index is 2.40. The van der Waals surface area contributed by atoms with Gasteiger partial charge in [0.15, 0.2) is 0 Å². The predicted octanol–water partition coefficient (Wildman–Crippen LogP) is 2.85. The summed E-state index contributed by atoms with van der Waals surface area (Å²) in [4.78, 5) is 11.0. The van der Waals surface area contributed by atoms with Gasteiger partial charge in [0.1, 0.15) is 0 Å². The SMILES string of the molecule is Cn1ccc2c(CC(=O)C(F)(F)F)cccc21. The summed E-state index contributed by atoms with van der Waals surface area (Å²) < 4.78 is 38.4. The second-order valence-electron chi connectivity index (χ2n) is 3.87. The maximum Gasteiger partial charge on any atom is 0.450 e. The normalized spacial score (nSPS) is 12.0. The molecule has 5 heteroatoms. The summed E-state index contributed by atoms with van der Waals surface area (Å²) in [7, 11) is 1.80. The maximum atomic E-state index is 12.2. The van der Waals surface area contributed by atoms with Gasteiger partial charge in [0.25, 0.3) is 0 Å². The monoisotopic (exact) mass is 241 g/mol. The fourth-order valence-corrected chi connectivity index (χ4v) is 1.79. The van der Waals surface area contributed by atoms with E-state index in [4.69, 9.17) is 0 Å². The molecule has 0 atom stereocenters. The van der Waals surface area contributed by atoms with Crippen molar-refractivity contribution in [2.45, 2.75) is 12.6 Å². The number of fused-ring (bicyclic) bond motifs is 1. The minimum absolute atomic E-state index is 0.408. The maximum absolute atomic E-state index is 12.2. The standard InChI is InChI=1S/C12H10F3NO/c1-16-6-5-9-8(3-2-4-10(9)16)7-11(17)12(13,14)15/h2-6H,7H2,1H3. The number of Topliss-reactive ketones (excluding diaryl/α,β-unsaturated/α-hetero) is 1. The summed E-state index contributed by atoms with van der Waals surface area (Å²) in [6.45, 7) is 0. The smallest absolute Gasteiger partial charge is 0.351 e. The molecule has 0 radical (unpaired) electrons. The molecule has 0 aliphatic carbocycles. The Kier molecular flexibility index (Phi) is 2.69. The van der Waals surface area contributed by atoms with Gasteiger partial charge in [0, 0.05) is 30.6 Å².